The summed E-state index contributed by atoms with van der Waals surface area (Å²) in [6.07, 6.45) is 1.28. The van der Waals surface area contributed by atoms with E-state index in [9.17, 15) is 8.42 Å². The van der Waals surface area contributed by atoms with E-state index in [2.05, 4.69) is 14.9 Å². The highest BCUT2D eigenvalue weighted by Crippen LogP contribution is 2.09. The molecular formula is C8H14ClN3O3S. The van der Waals surface area contributed by atoms with Gasteiger partial charge in [0.15, 0.2) is 0 Å². The van der Waals surface area contributed by atoms with Gasteiger partial charge in [-0.05, 0) is 6.92 Å². The van der Waals surface area contributed by atoms with Gasteiger partial charge in [-0.1, -0.05) is 0 Å². The number of aromatic amines is 1. The molecule has 1 aromatic heterocycles. The highest BCUT2D eigenvalue weighted by molar-refractivity contribution is 7.89. The second-order valence-electron chi connectivity index (χ2n) is 3.06. The molecule has 0 spiro atoms. The SMILES string of the molecule is Cc1[nH]ncc1S(=O)(=O)NCCOCCCl. The number of H-pyrrole nitrogens is 1. The molecule has 8 heteroatoms. The molecular weight excluding hydrogens is 254 g/mol. The lowest BCUT2D eigenvalue weighted by atomic mass is 10.5. The highest BCUT2D eigenvalue weighted by Gasteiger charge is 2.17. The van der Waals surface area contributed by atoms with Gasteiger partial charge in [0.2, 0.25) is 10.0 Å². The Labute approximate surface area is 99.4 Å². The van der Waals surface area contributed by atoms with E-state index in [1.165, 1.54) is 6.20 Å². The minimum atomic E-state index is -3.49. The summed E-state index contributed by atoms with van der Waals surface area (Å²) in [4.78, 5) is 0.157. The van der Waals surface area contributed by atoms with Crippen molar-refractivity contribution in [3.63, 3.8) is 0 Å². The van der Waals surface area contributed by atoms with E-state index >= 15 is 0 Å². The zero-order valence-corrected chi connectivity index (χ0v) is 10.4. The maximum Gasteiger partial charge on any atom is 0.244 e. The van der Waals surface area contributed by atoms with E-state index in [-0.39, 0.29) is 11.4 Å². The van der Waals surface area contributed by atoms with E-state index in [0.717, 1.165) is 0 Å². The van der Waals surface area contributed by atoms with Crippen LogP contribution < -0.4 is 4.72 Å². The fourth-order valence-electron chi connectivity index (χ4n) is 1.09. The van der Waals surface area contributed by atoms with E-state index < -0.39 is 10.0 Å². The molecule has 92 valence electrons. The van der Waals surface area contributed by atoms with Crippen molar-refractivity contribution in [2.45, 2.75) is 11.8 Å². The number of aryl methyl sites for hydroxylation is 1. The maximum absolute atomic E-state index is 11.7. The Bertz CT molecular complexity index is 418. The van der Waals surface area contributed by atoms with Gasteiger partial charge >= 0.3 is 0 Å². The minimum Gasteiger partial charge on any atom is -0.379 e. The normalized spacial score (nSPS) is 11.9. The molecule has 6 nitrogen and oxygen atoms in total. The van der Waals surface area contributed by atoms with Crippen LogP contribution in [0.2, 0.25) is 0 Å². The third-order valence-electron chi connectivity index (χ3n) is 1.83. The summed E-state index contributed by atoms with van der Waals surface area (Å²) in [6.45, 7) is 2.56. The molecule has 0 aliphatic rings. The highest BCUT2D eigenvalue weighted by atomic mass is 35.5. The van der Waals surface area contributed by atoms with Gasteiger partial charge in [0.1, 0.15) is 4.90 Å². The second-order valence-corrected chi connectivity index (χ2v) is 5.17. The van der Waals surface area contributed by atoms with Gasteiger partial charge in [-0.15, -0.1) is 11.6 Å². The number of alkyl halides is 1. The first-order valence-electron chi connectivity index (χ1n) is 4.71. The minimum absolute atomic E-state index is 0.157. The molecule has 0 aliphatic heterocycles. The van der Waals surface area contributed by atoms with E-state index in [1.54, 1.807) is 6.92 Å². The quantitative estimate of drug-likeness (QED) is 0.548. The molecule has 0 aliphatic carbocycles. The van der Waals surface area contributed by atoms with Crippen molar-refractivity contribution in [3.8, 4) is 0 Å². The van der Waals surface area contributed by atoms with Crippen molar-refractivity contribution in [2.24, 2.45) is 0 Å². The van der Waals surface area contributed by atoms with Crippen LogP contribution in [0.15, 0.2) is 11.1 Å². The van der Waals surface area contributed by atoms with Crippen molar-refractivity contribution in [3.05, 3.63) is 11.9 Å². The summed E-state index contributed by atoms with van der Waals surface area (Å²) in [5, 5.41) is 6.22. The first-order valence-corrected chi connectivity index (χ1v) is 6.73. The smallest absolute Gasteiger partial charge is 0.244 e. The first-order chi connectivity index (χ1) is 7.58. The number of nitrogens with one attached hydrogen (secondary N) is 2. The summed E-state index contributed by atoms with van der Waals surface area (Å²) in [5.41, 5.74) is 0.508. The number of sulfonamides is 1. The lowest BCUT2D eigenvalue weighted by Crippen LogP contribution is -2.27. The average molecular weight is 268 g/mol. The number of nitrogens with zero attached hydrogens (tertiary/aromatic N) is 1. The molecule has 16 heavy (non-hydrogen) atoms. The van der Waals surface area contributed by atoms with Crippen LogP contribution in [0.25, 0.3) is 0 Å². The van der Waals surface area contributed by atoms with Crippen LogP contribution in [0.3, 0.4) is 0 Å². The summed E-state index contributed by atoms with van der Waals surface area (Å²) in [6, 6.07) is 0. The van der Waals surface area contributed by atoms with Crippen LogP contribution in [-0.2, 0) is 14.8 Å². The Morgan fingerprint density at radius 2 is 2.31 bits per heavy atom. The van der Waals surface area contributed by atoms with Crippen LogP contribution in [0.4, 0.5) is 0 Å². The Morgan fingerprint density at radius 3 is 2.88 bits per heavy atom. The van der Waals surface area contributed by atoms with Gasteiger partial charge in [0.25, 0.3) is 0 Å². The molecule has 0 fully saturated rings. The average Bonchev–Trinajstić information content (AvgIpc) is 2.65. The topological polar surface area (TPSA) is 84.1 Å². The van der Waals surface area contributed by atoms with Crippen molar-refractivity contribution >= 4 is 21.6 Å². The molecule has 0 bridgehead atoms. The fourth-order valence-corrected chi connectivity index (χ4v) is 2.35. The lowest BCUT2D eigenvalue weighted by Gasteiger charge is -2.05. The molecule has 0 radical (unpaired) electrons. The van der Waals surface area contributed by atoms with Gasteiger partial charge in [0.05, 0.1) is 25.1 Å². The molecule has 0 aromatic carbocycles. The Hall–Kier alpha value is -0.630. The van der Waals surface area contributed by atoms with E-state index in [4.69, 9.17) is 16.3 Å². The molecule has 0 atom stereocenters. The second kappa shape index (κ2) is 6.19. The van der Waals surface area contributed by atoms with Crippen LogP contribution in [-0.4, -0.2) is 44.3 Å². The molecule has 0 saturated heterocycles. The van der Waals surface area contributed by atoms with Crippen LogP contribution in [0.1, 0.15) is 5.69 Å². The third-order valence-corrected chi connectivity index (χ3v) is 3.56. The number of rotatable bonds is 7. The molecule has 1 rings (SSSR count). The maximum atomic E-state index is 11.7. The zero-order chi connectivity index (χ0) is 12.0. The monoisotopic (exact) mass is 267 g/mol. The van der Waals surface area contributed by atoms with Crippen LogP contribution in [0, 0.1) is 6.92 Å². The lowest BCUT2D eigenvalue weighted by molar-refractivity contribution is 0.155. The first kappa shape index (κ1) is 13.4. The largest absolute Gasteiger partial charge is 0.379 e. The molecule has 0 amide bonds. The molecule has 1 heterocycles. The fraction of sp³-hybridized carbons (Fsp3) is 0.625. The van der Waals surface area contributed by atoms with Crippen molar-refractivity contribution in [1.29, 1.82) is 0 Å². The predicted molar refractivity (Wildman–Crippen MR) is 60.1 cm³/mol. The van der Waals surface area contributed by atoms with Gasteiger partial charge < -0.3 is 4.74 Å². The summed E-state index contributed by atoms with van der Waals surface area (Å²) < 4.78 is 30.8. The zero-order valence-electron chi connectivity index (χ0n) is 8.86. The van der Waals surface area contributed by atoms with Crippen molar-refractivity contribution < 1.29 is 13.2 Å². The van der Waals surface area contributed by atoms with Gasteiger partial charge in [-0.25, -0.2) is 13.1 Å². The van der Waals surface area contributed by atoms with Gasteiger partial charge in [-0.2, -0.15) is 5.10 Å². The molecule has 0 saturated carbocycles. The number of hydrogen-bond donors (Lipinski definition) is 2. The Kier molecular flexibility index (Phi) is 5.20. The number of aromatic nitrogens is 2. The van der Waals surface area contributed by atoms with Gasteiger partial charge in [0, 0.05) is 12.4 Å². The molecule has 2 N–H and O–H groups in total. The third kappa shape index (κ3) is 3.75. The molecule has 1 aromatic rings. The van der Waals surface area contributed by atoms with E-state index in [1.807, 2.05) is 0 Å². The van der Waals surface area contributed by atoms with E-state index in [0.29, 0.717) is 24.8 Å². The molecule has 0 unspecified atom stereocenters. The van der Waals surface area contributed by atoms with Crippen molar-refractivity contribution in [1.82, 2.24) is 14.9 Å². The number of halogens is 1. The standard InChI is InChI=1S/C8H14ClN3O3S/c1-7-8(6-10-12-7)16(13,14)11-3-5-15-4-2-9/h6,11H,2-5H2,1H3,(H,10,12). The predicted octanol–water partition coefficient (Wildman–Crippen LogP) is 0.252. The van der Waals surface area contributed by atoms with Gasteiger partial charge in [-0.3, -0.25) is 5.10 Å². The Morgan fingerprint density at radius 1 is 1.56 bits per heavy atom. The summed E-state index contributed by atoms with van der Waals surface area (Å²) in [5.74, 6) is 0.396. The Balaban J connectivity index is 2.45. The number of hydrogen-bond acceptors (Lipinski definition) is 4. The summed E-state index contributed by atoms with van der Waals surface area (Å²) in [7, 11) is -3.49. The van der Waals surface area contributed by atoms with Crippen molar-refractivity contribution in [2.75, 3.05) is 25.6 Å². The van der Waals surface area contributed by atoms with Crippen LogP contribution >= 0.6 is 11.6 Å². The summed E-state index contributed by atoms with van der Waals surface area (Å²) >= 11 is 5.40. The number of ether oxygens (including phenoxy) is 1. The van der Waals surface area contributed by atoms with Crippen LogP contribution in [0.5, 0.6) is 0 Å².